The van der Waals surface area contributed by atoms with Crippen molar-refractivity contribution in [3.63, 3.8) is 0 Å². The Morgan fingerprint density at radius 1 is 1.00 bits per heavy atom. The summed E-state index contributed by atoms with van der Waals surface area (Å²) in [5.74, 6) is 1.38. The van der Waals surface area contributed by atoms with Crippen molar-refractivity contribution in [3.8, 4) is 0 Å². The van der Waals surface area contributed by atoms with Gasteiger partial charge in [0.15, 0.2) is 0 Å². The zero-order chi connectivity index (χ0) is 16.8. The molecule has 1 aliphatic heterocycles. The number of ether oxygens (including phenoxy) is 1. The monoisotopic (exact) mass is 355 g/mol. The number of hydrogen-bond donors (Lipinski definition) is 1. The number of carbonyl (C=O) groups excluding carboxylic acids is 1. The van der Waals surface area contributed by atoms with E-state index in [2.05, 4.69) is 4.90 Å². The number of amides is 1. The van der Waals surface area contributed by atoms with Crippen LogP contribution in [-0.4, -0.2) is 58.3 Å². The van der Waals surface area contributed by atoms with E-state index >= 15 is 0 Å². The van der Waals surface area contributed by atoms with Crippen LogP contribution in [0.2, 0.25) is 0 Å². The number of hydrogen-bond acceptors (Lipinski definition) is 4. The third kappa shape index (κ3) is 5.12. The highest BCUT2D eigenvalue weighted by molar-refractivity contribution is 8.00. The van der Waals surface area contributed by atoms with Gasteiger partial charge in [-0.2, -0.15) is 11.8 Å². The molecule has 3 aliphatic rings. The molecule has 4 nitrogen and oxygen atoms in total. The fourth-order valence-corrected chi connectivity index (χ4v) is 5.65. The summed E-state index contributed by atoms with van der Waals surface area (Å²) in [5.41, 5.74) is 0. The molecule has 0 aromatic carbocycles. The van der Waals surface area contributed by atoms with E-state index in [-0.39, 0.29) is 24.7 Å². The number of aliphatic hydroxyl groups is 1. The van der Waals surface area contributed by atoms with Crippen molar-refractivity contribution in [3.05, 3.63) is 0 Å². The van der Waals surface area contributed by atoms with Crippen molar-refractivity contribution in [2.24, 2.45) is 0 Å². The molecule has 1 saturated heterocycles. The first-order chi connectivity index (χ1) is 11.7. The summed E-state index contributed by atoms with van der Waals surface area (Å²) in [6, 6.07) is 0.410. The molecule has 5 heteroatoms. The molecule has 2 saturated carbocycles. The van der Waals surface area contributed by atoms with E-state index in [1.807, 2.05) is 11.8 Å². The van der Waals surface area contributed by atoms with Gasteiger partial charge in [-0.15, -0.1) is 0 Å². The molecule has 3 rings (SSSR count). The van der Waals surface area contributed by atoms with Crippen LogP contribution in [0.25, 0.3) is 0 Å². The zero-order valence-corrected chi connectivity index (χ0v) is 15.6. The highest BCUT2D eigenvalue weighted by Crippen LogP contribution is 2.30. The lowest BCUT2D eigenvalue weighted by molar-refractivity contribution is -0.145. The van der Waals surface area contributed by atoms with Gasteiger partial charge in [0.25, 0.3) is 0 Å². The largest absolute Gasteiger partial charge is 0.390 e. The first-order valence-corrected chi connectivity index (χ1v) is 11.0. The second-order valence-electron chi connectivity index (χ2n) is 7.67. The minimum absolute atomic E-state index is 0.142. The Morgan fingerprint density at radius 3 is 2.46 bits per heavy atom. The van der Waals surface area contributed by atoms with E-state index in [1.54, 1.807) is 0 Å². The first-order valence-electron chi connectivity index (χ1n) is 9.95. The van der Waals surface area contributed by atoms with Crippen LogP contribution in [0.1, 0.15) is 70.6 Å². The van der Waals surface area contributed by atoms with Crippen molar-refractivity contribution >= 4 is 17.7 Å². The summed E-state index contributed by atoms with van der Waals surface area (Å²) in [6.07, 6.45) is 11.9. The summed E-state index contributed by atoms with van der Waals surface area (Å²) < 4.78 is 5.85. The molecule has 1 N–H and O–H groups in total. The average molecular weight is 356 g/mol. The SMILES string of the molecule is O=C(COC1CCCCC1O)N(CC1CCCS1)C1CCCCC1. The van der Waals surface area contributed by atoms with E-state index in [4.69, 9.17) is 4.74 Å². The van der Waals surface area contributed by atoms with Gasteiger partial charge >= 0.3 is 0 Å². The molecule has 24 heavy (non-hydrogen) atoms. The van der Waals surface area contributed by atoms with Gasteiger partial charge in [-0.1, -0.05) is 32.1 Å². The molecule has 1 amide bonds. The third-order valence-electron chi connectivity index (χ3n) is 5.85. The van der Waals surface area contributed by atoms with Crippen molar-refractivity contribution < 1.29 is 14.6 Å². The first kappa shape index (κ1) is 18.5. The summed E-state index contributed by atoms with van der Waals surface area (Å²) in [7, 11) is 0. The Balaban J connectivity index is 1.54. The molecule has 3 fully saturated rings. The third-order valence-corrected chi connectivity index (χ3v) is 7.23. The van der Waals surface area contributed by atoms with Gasteiger partial charge < -0.3 is 14.7 Å². The van der Waals surface area contributed by atoms with Gasteiger partial charge in [-0.05, 0) is 44.3 Å². The smallest absolute Gasteiger partial charge is 0.248 e. The molecule has 0 radical (unpaired) electrons. The standard InChI is InChI=1S/C19H33NO3S/c21-17-10-4-5-11-18(17)23-14-19(22)20(13-16-9-6-12-24-16)15-7-2-1-3-8-15/h15-18,21H,1-14H2. The molecule has 138 valence electrons. The summed E-state index contributed by atoms with van der Waals surface area (Å²) in [6.45, 7) is 1.04. The number of carbonyl (C=O) groups is 1. The van der Waals surface area contributed by atoms with Crippen LogP contribution >= 0.6 is 11.8 Å². The van der Waals surface area contributed by atoms with Crippen LogP contribution in [0.4, 0.5) is 0 Å². The van der Waals surface area contributed by atoms with Crippen molar-refractivity contribution in [2.75, 3.05) is 18.9 Å². The minimum atomic E-state index is -0.389. The number of thioether (sulfide) groups is 1. The Kier molecular flexibility index (Phi) is 7.29. The van der Waals surface area contributed by atoms with Gasteiger partial charge in [0.05, 0.1) is 12.2 Å². The lowest BCUT2D eigenvalue weighted by Gasteiger charge is -2.36. The Hall–Kier alpha value is -0.260. The second kappa shape index (κ2) is 9.44. The maximum atomic E-state index is 12.9. The van der Waals surface area contributed by atoms with Crippen molar-refractivity contribution in [1.82, 2.24) is 4.90 Å². The van der Waals surface area contributed by atoms with Crippen LogP contribution in [0.5, 0.6) is 0 Å². The summed E-state index contributed by atoms with van der Waals surface area (Å²) in [4.78, 5) is 15.0. The van der Waals surface area contributed by atoms with Gasteiger partial charge in [-0.25, -0.2) is 0 Å². The molecular formula is C19H33NO3S. The second-order valence-corrected chi connectivity index (χ2v) is 9.08. The molecule has 0 spiro atoms. The normalized spacial score (nSPS) is 32.0. The molecule has 3 unspecified atom stereocenters. The van der Waals surface area contributed by atoms with Gasteiger partial charge in [-0.3, -0.25) is 4.79 Å². The molecule has 3 atom stereocenters. The topological polar surface area (TPSA) is 49.8 Å². The molecule has 1 heterocycles. The van der Waals surface area contributed by atoms with Crippen LogP contribution in [-0.2, 0) is 9.53 Å². The van der Waals surface area contributed by atoms with Crippen molar-refractivity contribution in [2.45, 2.75) is 94.1 Å². The highest BCUT2D eigenvalue weighted by atomic mass is 32.2. The predicted molar refractivity (Wildman–Crippen MR) is 98.3 cm³/mol. The van der Waals surface area contributed by atoms with E-state index < -0.39 is 0 Å². The van der Waals surface area contributed by atoms with E-state index in [1.165, 1.54) is 37.9 Å². The quantitative estimate of drug-likeness (QED) is 0.794. The van der Waals surface area contributed by atoms with E-state index in [9.17, 15) is 9.90 Å². The van der Waals surface area contributed by atoms with Crippen LogP contribution in [0.3, 0.4) is 0 Å². The summed E-state index contributed by atoms with van der Waals surface area (Å²) >= 11 is 2.02. The average Bonchev–Trinajstić information content (AvgIpc) is 3.13. The van der Waals surface area contributed by atoms with Gasteiger partial charge in [0.2, 0.25) is 5.91 Å². The summed E-state index contributed by atoms with van der Waals surface area (Å²) in [5, 5.41) is 10.7. The van der Waals surface area contributed by atoms with Crippen LogP contribution in [0.15, 0.2) is 0 Å². The predicted octanol–water partition coefficient (Wildman–Crippen LogP) is 3.36. The molecule has 0 aromatic rings. The fourth-order valence-electron chi connectivity index (χ4n) is 4.39. The zero-order valence-electron chi connectivity index (χ0n) is 14.8. The fraction of sp³-hybridized carbons (Fsp3) is 0.947. The van der Waals surface area contributed by atoms with E-state index in [0.29, 0.717) is 11.3 Å². The lowest BCUT2D eigenvalue weighted by atomic mass is 9.93. The molecule has 0 bridgehead atoms. The molecule has 2 aliphatic carbocycles. The Bertz CT molecular complexity index is 394. The van der Waals surface area contributed by atoms with Gasteiger partial charge in [0.1, 0.15) is 6.61 Å². The lowest BCUT2D eigenvalue weighted by Crippen LogP contribution is -2.47. The van der Waals surface area contributed by atoms with Crippen molar-refractivity contribution in [1.29, 1.82) is 0 Å². The Morgan fingerprint density at radius 2 is 1.75 bits per heavy atom. The van der Waals surface area contributed by atoms with Crippen LogP contribution < -0.4 is 0 Å². The van der Waals surface area contributed by atoms with Gasteiger partial charge in [0, 0.05) is 17.8 Å². The van der Waals surface area contributed by atoms with E-state index in [0.717, 1.165) is 45.1 Å². The number of nitrogens with zero attached hydrogens (tertiary/aromatic N) is 1. The maximum Gasteiger partial charge on any atom is 0.248 e. The van der Waals surface area contributed by atoms with Crippen LogP contribution in [0, 0.1) is 0 Å². The molecule has 0 aromatic heterocycles. The Labute approximate surface area is 150 Å². The number of aliphatic hydroxyl groups excluding tert-OH is 1. The highest BCUT2D eigenvalue weighted by Gasteiger charge is 2.31. The molecular weight excluding hydrogens is 322 g/mol. The maximum absolute atomic E-state index is 12.9. The minimum Gasteiger partial charge on any atom is -0.390 e. The number of rotatable bonds is 6.